The van der Waals surface area contributed by atoms with Gasteiger partial charge in [-0.2, -0.15) is 0 Å². The summed E-state index contributed by atoms with van der Waals surface area (Å²) in [7, 11) is 0. The molecule has 3 heteroatoms. The first-order chi connectivity index (χ1) is 6.66. The molecule has 0 radical (unpaired) electrons. The Morgan fingerprint density at radius 2 is 2.21 bits per heavy atom. The maximum atomic E-state index is 12.0. The molecule has 1 N–H and O–H groups in total. The van der Waals surface area contributed by atoms with Gasteiger partial charge >= 0.3 is 0 Å². The Balaban J connectivity index is 2.14. The topological polar surface area (TPSA) is 32.3 Å². The van der Waals surface area contributed by atoms with Crippen LogP contribution in [0, 0.1) is 5.92 Å². The second kappa shape index (κ2) is 3.54. The van der Waals surface area contributed by atoms with E-state index < -0.39 is 0 Å². The lowest BCUT2D eigenvalue weighted by molar-refractivity contribution is -0.138. The molecule has 1 atom stereocenters. The highest BCUT2D eigenvalue weighted by Crippen LogP contribution is 2.35. The molecule has 1 amide bonds. The van der Waals surface area contributed by atoms with Crippen LogP contribution < -0.4 is 5.32 Å². The maximum Gasteiger partial charge on any atom is 0.225 e. The zero-order chi connectivity index (χ0) is 10.2. The highest BCUT2D eigenvalue weighted by atomic mass is 16.2. The summed E-state index contributed by atoms with van der Waals surface area (Å²) in [4.78, 5) is 14.1. The van der Waals surface area contributed by atoms with Crippen molar-refractivity contribution < 1.29 is 4.79 Å². The van der Waals surface area contributed by atoms with Crippen LogP contribution in [0.2, 0.25) is 0 Å². The predicted octanol–water partition coefficient (Wildman–Crippen LogP) is 0.997. The molecule has 0 aromatic rings. The van der Waals surface area contributed by atoms with Crippen molar-refractivity contribution in [2.45, 2.75) is 38.6 Å². The smallest absolute Gasteiger partial charge is 0.225 e. The van der Waals surface area contributed by atoms with Gasteiger partial charge in [0.05, 0.1) is 5.54 Å². The number of rotatable bonds is 1. The lowest BCUT2D eigenvalue weighted by atomic mass is 9.94. The van der Waals surface area contributed by atoms with Crippen LogP contribution in [-0.4, -0.2) is 36.0 Å². The molecule has 80 valence electrons. The molecule has 1 spiro atoms. The lowest BCUT2D eigenvalue weighted by Crippen LogP contribution is -2.50. The molecule has 1 unspecified atom stereocenters. The highest BCUT2D eigenvalue weighted by molar-refractivity contribution is 5.79. The second-order valence-corrected chi connectivity index (χ2v) is 4.90. The zero-order valence-electron chi connectivity index (χ0n) is 9.18. The molecule has 2 aliphatic heterocycles. The molecule has 14 heavy (non-hydrogen) atoms. The van der Waals surface area contributed by atoms with E-state index in [1.54, 1.807) is 0 Å². The van der Waals surface area contributed by atoms with Crippen molar-refractivity contribution in [1.82, 2.24) is 10.2 Å². The number of amides is 1. The number of carbonyl (C=O) groups is 1. The monoisotopic (exact) mass is 196 g/mol. The summed E-state index contributed by atoms with van der Waals surface area (Å²) in [5.41, 5.74) is 0.182. The van der Waals surface area contributed by atoms with Gasteiger partial charge in [-0.25, -0.2) is 0 Å². The first-order valence-corrected chi connectivity index (χ1v) is 5.68. The Kier molecular flexibility index (Phi) is 2.52. The average molecular weight is 196 g/mol. The van der Waals surface area contributed by atoms with Crippen molar-refractivity contribution >= 4 is 5.91 Å². The largest absolute Gasteiger partial charge is 0.335 e. The van der Waals surface area contributed by atoms with Gasteiger partial charge in [0.15, 0.2) is 0 Å². The number of carbonyl (C=O) groups excluding carboxylic acids is 1. The number of hydrogen-bond acceptors (Lipinski definition) is 2. The van der Waals surface area contributed by atoms with Crippen LogP contribution in [0.25, 0.3) is 0 Å². The molecule has 2 heterocycles. The van der Waals surface area contributed by atoms with Crippen molar-refractivity contribution in [3.63, 3.8) is 0 Å². The van der Waals surface area contributed by atoms with Gasteiger partial charge in [-0.05, 0) is 25.8 Å². The van der Waals surface area contributed by atoms with Crippen LogP contribution in [-0.2, 0) is 4.79 Å². The van der Waals surface area contributed by atoms with Crippen molar-refractivity contribution in [2.24, 2.45) is 5.92 Å². The summed E-state index contributed by atoms with van der Waals surface area (Å²) < 4.78 is 0. The molecule has 2 rings (SSSR count). The van der Waals surface area contributed by atoms with Crippen LogP contribution in [0.5, 0.6) is 0 Å². The van der Waals surface area contributed by atoms with E-state index in [4.69, 9.17) is 0 Å². The van der Waals surface area contributed by atoms with Gasteiger partial charge in [-0.3, -0.25) is 4.79 Å². The fourth-order valence-electron chi connectivity index (χ4n) is 2.77. The SMILES string of the molecule is CC(C)C(=O)N1CCCC12CCNC2. The third-order valence-electron chi connectivity index (χ3n) is 3.58. The quantitative estimate of drug-likeness (QED) is 0.678. The van der Waals surface area contributed by atoms with Gasteiger partial charge in [0, 0.05) is 19.0 Å². The van der Waals surface area contributed by atoms with E-state index in [1.165, 1.54) is 12.8 Å². The van der Waals surface area contributed by atoms with Crippen LogP contribution >= 0.6 is 0 Å². The Morgan fingerprint density at radius 3 is 2.79 bits per heavy atom. The zero-order valence-corrected chi connectivity index (χ0v) is 9.18. The van der Waals surface area contributed by atoms with Gasteiger partial charge in [0.2, 0.25) is 5.91 Å². The molecular weight excluding hydrogens is 176 g/mol. The Morgan fingerprint density at radius 1 is 1.43 bits per heavy atom. The molecule has 0 saturated carbocycles. The lowest BCUT2D eigenvalue weighted by Gasteiger charge is -2.35. The summed E-state index contributed by atoms with van der Waals surface area (Å²) in [5.74, 6) is 0.483. The van der Waals surface area contributed by atoms with E-state index in [0.29, 0.717) is 5.91 Å². The van der Waals surface area contributed by atoms with Crippen LogP contribution in [0.3, 0.4) is 0 Å². The van der Waals surface area contributed by atoms with Gasteiger partial charge < -0.3 is 10.2 Å². The number of nitrogens with one attached hydrogen (secondary N) is 1. The van der Waals surface area contributed by atoms with E-state index in [1.807, 2.05) is 13.8 Å². The molecule has 0 aromatic carbocycles. The molecule has 0 bridgehead atoms. The predicted molar refractivity (Wildman–Crippen MR) is 56.0 cm³/mol. The fraction of sp³-hybridized carbons (Fsp3) is 0.909. The third kappa shape index (κ3) is 1.44. The van der Waals surface area contributed by atoms with Crippen LogP contribution in [0.1, 0.15) is 33.1 Å². The summed E-state index contributed by atoms with van der Waals surface area (Å²) in [6.45, 7) is 7.04. The van der Waals surface area contributed by atoms with E-state index in [2.05, 4.69) is 10.2 Å². The second-order valence-electron chi connectivity index (χ2n) is 4.90. The standard InChI is InChI=1S/C11H20N2O/c1-9(2)10(14)13-7-3-4-11(13)5-6-12-8-11/h9,12H,3-8H2,1-2H3. The van der Waals surface area contributed by atoms with E-state index in [9.17, 15) is 4.79 Å². The summed E-state index contributed by atoms with van der Waals surface area (Å²) in [6, 6.07) is 0. The average Bonchev–Trinajstić information content (AvgIpc) is 2.76. The number of likely N-dealkylation sites (tertiary alicyclic amines) is 1. The van der Waals surface area contributed by atoms with Crippen molar-refractivity contribution in [3.05, 3.63) is 0 Å². The van der Waals surface area contributed by atoms with Crippen LogP contribution in [0.4, 0.5) is 0 Å². The molecule has 0 aromatic heterocycles. The third-order valence-corrected chi connectivity index (χ3v) is 3.58. The minimum Gasteiger partial charge on any atom is -0.335 e. The van der Waals surface area contributed by atoms with E-state index in [0.717, 1.165) is 26.1 Å². The van der Waals surface area contributed by atoms with E-state index >= 15 is 0 Å². The van der Waals surface area contributed by atoms with Gasteiger partial charge in [-0.1, -0.05) is 13.8 Å². The molecular formula is C11H20N2O. The number of hydrogen-bond donors (Lipinski definition) is 1. The Hall–Kier alpha value is -0.570. The summed E-state index contributed by atoms with van der Waals surface area (Å²) in [6.07, 6.45) is 3.52. The summed E-state index contributed by atoms with van der Waals surface area (Å²) >= 11 is 0. The van der Waals surface area contributed by atoms with Crippen molar-refractivity contribution in [1.29, 1.82) is 0 Å². The fourth-order valence-corrected chi connectivity index (χ4v) is 2.77. The summed E-state index contributed by atoms with van der Waals surface area (Å²) in [5, 5.41) is 3.38. The molecule has 0 aliphatic carbocycles. The highest BCUT2D eigenvalue weighted by Gasteiger charge is 2.45. The van der Waals surface area contributed by atoms with Crippen molar-refractivity contribution in [2.75, 3.05) is 19.6 Å². The van der Waals surface area contributed by atoms with Gasteiger partial charge in [0.25, 0.3) is 0 Å². The van der Waals surface area contributed by atoms with E-state index in [-0.39, 0.29) is 11.5 Å². The first kappa shape index (κ1) is 9.97. The van der Waals surface area contributed by atoms with Gasteiger partial charge in [-0.15, -0.1) is 0 Å². The Bertz CT molecular complexity index is 226. The molecule has 2 fully saturated rings. The maximum absolute atomic E-state index is 12.0. The minimum atomic E-state index is 0.144. The Labute approximate surface area is 85.8 Å². The normalized spacial score (nSPS) is 32.1. The number of nitrogens with zero attached hydrogens (tertiary/aromatic N) is 1. The first-order valence-electron chi connectivity index (χ1n) is 5.68. The molecule has 2 saturated heterocycles. The van der Waals surface area contributed by atoms with Crippen molar-refractivity contribution in [3.8, 4) is 0 Å². The molecule has 2 aliphatic rings. The van der Waals surface area contributed by atoms with Crippen LogP contribution in [0.15, 0.2) is 0 Å². The minimum absolute atomic E-state index is 0.144. The molecule has 3 nitrogen and oxygen atoms in total. The van der Waals surface area contributed by atoms with Gasteiger partial charge in [0.1, 0.15) is 0 Å².